The highest BCUT2D eigenvalue weighted by atomic mass is 32.2. The molecule has 0 radical (unpaired) electrons. The number of imidazole rings is 1. The van der Waals surface area contributed by atoms with E-state index >= 15 is 0 Å². The Morgan fingerprint density at radius 1 is 1.18 bits per heavy atom. The number of carbonyl (C=O) groups is 1. The summed E-state index contributed by atoms with van der Waals surface area (Å²) >= 11 is 0. The monoisotopic (exact) mass is 469 g/mol. The number of nitrogens with one attached hydrogen (secondary N) is 1. The van der Waals surface area contributed by atoms with Gasteiger partial charge in [0.25, 0.3) is 0 Å². The molecule has 1 saturated heterocycles. The number of hydrogen-bond donors (Lipinski definition) is 1. The van der Waals surface area contributed by atoms with Crippen LogP contribution in [0, 0.1) is 0 Å². The van der Waals surface area contributed by atoms with Crippen LogP contribution in [0.3, 0.4) is 0 Å². The number of sulfonamides is 1. The van der Waals surface area contributed by atoms with Crippen molar-refractivity contribution in [1.82, 2.24) is 18.8 Å². The minimum Gasteiger partial charge on any atom is -0.380 e. The smallest absolute Gasteiger partial charge is 0.242 e. The predicted molar refractivity (Wildman–Crippen MR) is 130 cm³/mol. The topological polar surface area (TPSA) is 87.5 Å². The first-order valence-electron chi connectivity index (χ1n) is 11.3. The Bertz CT molecular complexity index is 1240. The van der Waals surface area contributed by atoms with Crippen molar-refractivity contribution in [1.29, 1.82) is 0 Å². The van der Waals surface area contributed by atoms with Gasteiger partial charge in [-0.2, -0.15) is 0 Å². The highest BCUT2D eigenvalue weighted by Crippen LogP contribution is 2.23. The fraction of sp³-hybridized carbons (Fsp3) is 0.417. The molecule has 0 bridgehead atoms. The van der Waals surface area contributed by atoms with Crippen LogP contribution >= 0.6 is 0 Å². The normalized spacial score (nSPS) is 16.6. The third kappa shape index (κ3) is 4.89. The average molecular weight is 470 g/mol. The molecule has 0 aliphatic carbocycles. The van der Waals surface area contributed by atoms with E-state index in [-0.39, 0.29) is 16.8 Å². The molecule has 8 nitrogen and oxygen atoms in total. The number of likely N-dealkylation sites (tertiary alicyclic amines) is 1. The molecule has 0 spiro atoms. The summed E-state index contributed by atoms with van der Waals surface area (Å²) in [7, 11) is -0.499. The summed E-state index contributed by atoms with van der Waals surface area (Å²) in [6.45, 7) is 4.17. The van der Waals surface area contributed by atoms with Gasteiger partial charge < -0.3 is 14.8 Å². The summed E-state index contributed by atoms with van der Waals surface area (Å²) in [6, 6.07) is 15.3. The maximum absolute atomic E-state index is 12.9. The predicted octanol–water partition coefficient (Wildman–Crippen LogP) is 2.95. The molecule has 2 aromatic carbocycles. The number of nitrogens with zero attached hydrogens (tertiary/aromatic N) is 4. The molecule has 1 aliphatic heterocycles. The van der Waals surface area contributed by atoms with Gasteiger partial charge in [0.2, 0.25) is 15.9 Å². The number of aryl methyl sites for hydroxylation is 2. The SMILES string of the molecule is CCn1c(CCC(=O)N2CCC(Nc3ccccc3)C2)nc2cc(S(=O)(=O)N(C)C)ccc21. The number of hydrogen-bond acceptors (Lipinski definition) is 5. The van der Waals surface area contributed by atoms with Gasteiger partial charge in [0, 0.05) is 58.3 Å². The van der Waals surface area contributed by atoms with Gasteiger partial charge in [-0.1, -0.05) is 18.2 Å². The molecule has 3 aromatic rings. The lowest BCUT2D eigenvalue weighted by molar-refractivity contribution is -0.130. The van der Waals surface area contributed by atoms with Crippen LogP contribution < -0.4 is 5.32 Å². The summed E-state index contributed by atoms with van der Waals surface area (Å²) in [5.74, 6) is 0.927. The van der Waals surface area contributed by atoms with E-state index in [1.807, 2.05) is 42.2 Å². The van der Waals surface area contributed by atoms with Gasteiger partial charge in [-0.25, -0.2) is 17.7 Å². The molecular weight excluding hydrogens is 438 g/mol. The Labute approximate surface area is 195 Å². The number of carbonyl (C=O) groups excluding carboxylic acids is 1. The van der Waals surface area contributed by atoms with E-state index in [1.54, 1.807) is 18.2 Å². The lowest BCUT2D eigenvalue weighted by Gasteiger charge is -2.18. The first-order valence-corrected chi connectivity index (χ1v) is 12.7. The van der Waals surface area contributed by atoms with Crippen LogP contribution in [-0.4, -0.2) is 66.3 Å². The van der Waals surface area contributed by atoms with E-state index in [2.05, 4.69) is 14.9 Å². The maximum Gasteiger partial charge on any atom is 0.242 e. The van der Waals surface area contributed by atoms with Crippen LogP contribution in [0.4, 0.5) is 5.69 Å². The largest absolute Gasteiger partial charge is 0.380 e. The number of benzene rings is 2. The van der Waals surface area contributed by atoms with Crippen LogP contribution in [0.2, 0.25) is 0 Å². The average Bonchev–Trinajstić information content (AvgIpc) is 3.41. The van der Waals surface area contributed by atoms with Crippen molar-refractivity contribution < 1.29 is 13.2 Å². The maximum atomic E-state index is 12.9. The Morgan fingerprint density at radius 3 is 2.64 bits per heavy atom. The number of amides is 1. The molecule has 176 valence electrons. The third-order valence-electron chi connectivity index (χ3n) is 6.14. The minimum absolute atomic E-state index is 0.123. The van der Waals surface area contributed by atoms with E-state index in [0.717, 1.165) is 30.0 Å². The fourth-order valence-electron chi connectivity index (χ4n) is 4.33. The second-order valence-corrected chi connectivity index (χ2v) is 10.7. The van der Waals surface area contributed by atoms with E-state index in [0.29, 0.717) is 31.4 Å². The van der Waals surface area contributed by atoms with Crippen LogP contribution in [-0.2, 0) is 27.8 Å². The van der Waals surface area contributed by atoms with Gasteiger partial charge in [0.1, 0.15) is 5.82 Å². The second-order valence-electron chi connectivity index (χ2n) is 8.55. The number of anilines is 1. The molecule has 33 heavy (non-hydrogen) atoms. The highest BCUT2D eigenvalue weighted by Gasteiger charge is 2.26. The van der Waals surface area contributed by atoms with Crippen molar-refractivity contribution in [2.45, 2.75) is 43.7 Å². The lowest BCUT2D eigenvalue weighted by Crippen LogP contribution is -2.31. The fourth-order valence-corrected chi connectivity index (χ4v) is 5.25. The van der Waals surface area contributed by atoms with Gasteiger partial charge in [0.05, 0.1) is 15.9 Å². The van der Waals surface area contributed by atoms with Crippen molar-refractivity contribution in [3.8, 4) is 0 Å². The van der Waals surface area contributed by atoms with Gasteiger partial charge >= 0.3 is 0 Å². The van der Waals surface area contributed by atoms with Gasteiger partial charge in [-0.15, -0.1) is 0 Å². The molecule has 1 fully saturated rings. The van der Waals surface area contributed by atoms with E-state index in [9.17, 15) is 13.2 Å². The van der Waals surface area contributed by atoms with Crippen LogP contribution in [0.5, 0.6) is 0 Å². The van der Waals surface area contributed by atoms with Gasteiger partial charge in [-0.05, 0) is 43.7 Å². The number of rotatable bonds is 8. The molecule has 9 heteroatoms. The first kappa shape index (κ1) is 23.3. The minimum atomic E-state index is -3.53. The Morgan fingerprint density at radius 2 is 1.94 bits per heavy atom. The Hall–Kier alpha value is -2.91. The molecule has 1 atom stereocenters. The molecule has 2 heterocycles. The second kappa shape index (κ2) is 9.52. The molecule has 0 saturated carbocycles. The van der Waals surface area contributed by atoms with Crippen molar-refractivity contribution in [3.05, 3.63) is 54.4 Å². The number of aromatic nitrogens is 2. The Kier molecular flexibility index (Phi) is 6.71. The number of fused-ring (bicyclic) bond motifs is 1. The third-order valence-corrected chi connectivity index (χ3v) is 7.95. The van der Waals surface area contributed by atoms with E-state index in [1.165, 1.54) is 18.4 Å². The summed E-state index contributed by atoms with van der Waals surface area (Å²) in [4.78, 5) is 19.7. The van der Waals surface area contributed by atoms with Crippen LogP contribution in [0.1, 0.15) is 25.6 Å². The Balaban J connectivity index is 1.43. The van der Waals surface area contributed by atoms with Crippen molar-refractivity contribution in [3.63, 3.8) is 0 Å². The molecule has 1 aromatic heterocycles. The zero-order valence-corrected chi connectivity index (χ0v) is 20.2. The summed E-state index contributed by atoms with van der Waals surface area (Å²) in [5, 5.41) is 3.50. The zero-order chi connectivity index (χ0) is 23.6. The number of para-hydroxylation sites is 1. The quantitative estimate of drug-likeness (QED) is 0.548. The zero-order valence-electron chi connectivity index (χ0n) is 19.4. The molecule has 1 N–H and O–H groups in total. The van der Waals surface area contributed by atoms with Crippen molar-refractivity contribution in [2.24, 2.45) is 0 Å². The standard InChI is InChI=1S/C24H31N5O3S/c1-4-29-22-11-10-20(33(31,32)27(2)3)16-21(22)26-23(29)12-13-24(30)28-15-14-19(17-28)25-18-8-6-5-7-9-18/h5-11,16,19,25H,4,12-15,17H2,1-3H3. The van der Waals surface area contributed by atoms with E-state index < -0.39 is 10.0 Å². The molecule has 4 rings (SSSR count). The van der Waals surface area contributed by atoms with E-state index in [4.69, 9.17) is 0 Å². The molecule has 1 unspecified atom stereocenters. The van der Waals surface area contributed by atoms with Gasteiger partial charge in [-0.3, -0.25) is 4.79 Å². The summed E-state index contributed by atoms with van der Waals surface area (Å²) < 4.78 is 28.2. The highest BCUT2D eigenvalue weighted by molar-refractivity contribution is 7.89. The molecular formula is C24H31N5O3S. The first-order chi connectivity index (χ1) is 15.8. The van der Waals surface area contributed by atoms with Crippen LogP contribution in [0.25, 0.3) is 11.0 Å². The van der Waals surface area contributed by atoms with Gasteiger partial charge in [0.15, 0.2) is 0 Å². The van der Waals surface area contributed by atoms with Crippen molar-refractivity contribution in [2.75, 3.05) is 32.5 Å². The van der Waals surface area contributed by atoms with Crippen LogP contribution in [0.15, 0.2) is 53.4 Å². The molecule has 1 aliphatic rings. The molecule has 1 amide bonds. The summed E-state index contributed by atoms with van der Waals surface area (Å²) in [6.07, 6.45) is 1.83. The van der Waals surface area contributed by atoms with Crippen molar-refractivity contribution >= 4 is 32.7 Å². The lowest BCUT2D eigenvalue weighted by atomic mass is 10.2. The summed E-state index contributed by atoms with van der Waals surface area (Å²) in [5.41, 5.74) is 2.59.